The van der Waals surface area contributed by atoms with Crippen LogP contribution in [-0.2, 0) is 11.3 Å². The van der Waals surface area contributed by atoms with E-state index in [4.69, 9.17) is 17.3 Å². The molecule has 0 bridgehead atoms. The average molecular weight is 423 g/mol. The van der Waals surface area contributed by atoms with Crippen LogP contribution in [0.2, 0.25) is 5.02 Å². The maximum atomic E-state index is 13.1. The van der Waals surface area contributed by atoms with E-state index in [-0.39, 0.29) is 17.9 Å². The molecule has 6 nitrogen and oxygen atoms in total. The molecule has 154 valence electrons. The Kier molecular flexibility index (Phi) is 5.70. The van der Waals surface area contributed by atoms with E-state index in [2.05, 4.69) is 15.2 Å². The lowest BCUT2D eigenvalue weighted by Gasteiger charge is -2.23. The number of carbonyl (C=O) groups is 2. The highest BCUT2D eigenvalue weighted by atomic mass is 35.5. The van der Waals surface area contributed by atoms with Crippen molar-refractivity contribution < 1.29 is 9.59 Å². The SMILES string of the molecule is Cc1nc2ccc(Cl)cc2cc1C(=O)Nc1ccccc1CN1CCCC1C(N)=O. The Morgan fingerprint density at radius 1 is 1.23 bits per heavy atom. The summed E-state index contributed by atoms with van der Waals surface area (Å²) in [4.78, 5) is 31.4. The molecule has 0 saturated carbocycles. The average Bonchev–Trinajstić information content (AvgIpc) is 3.17. The van der Waals surface area contributed by atoms with Crippen molar-refractivity contribution in [2.24, 2.45) is 5.73 Å². The number of nitrogens with zero attached hydrogens (tertiary/aromatic N) is 2. The maximum Gasteiger partial charge on any atom is 0.257 e. The molecule has 0 spiro atoms. The summed E-state index contributed by atoms with van der Waals surface area (Å²) in [7, 11) is 0. The van der Waals surface area contributed by atoms with E-state index in [1.165, 1.54) is 0 Å². The van der Waals surface area contributed by atoms with Crippen molar-refractivity contribution in [2.75, 3.05) is 11.9 Å². The molecule has 1 aliphatic heterocycles. The Bertz CT molecular complexity index is 1130. The number of carbonyl (C=O) groups excluding carboxylic acids is 2. The van der Waals surface area contributed by atoms with Gasteiger partial charge in [-0.25, -0.2) is 0 Å². The molecule has 1 saturated heterocycles. The summed E-state index contributed by atoms with van der Waals surface area (Å²) in [6.07, 6.45) is 1.71. The third kappa shape index (κ3) is 4.15. The molecule has 1 fully saturated rings. The van der Waals surface area contributed by atoms with Gasteiger partial charge in [-0.2, -0.15) is 0 Å². The van der Waals surface area contributed by atoms with Crippen molar-refractivity contribution in [3.8, 4) is 0 Å². The number of nitrogens with one attached hydrogen (secondary N) is 1. The summed E-state index contributed by atoms with van der Waals surface area (Å²) in [5.41, 5.74) is 9.13. The Morgan fingerprint density at radius 2 is 2.03 bits per heavy atom. The van der Waals surface area contributed by atoms with E-state index in [0.29, 0.717) is 28.5 Å². The number of hydrogen-bond donors (Lipinski definition) is 2. The number of likely N-dealkylation sites (tertiary alicyclic amines) is 1. The van der Waals surface area contributed by atoms with Crippen LogP contribution in [0.4, 0.5) is 5.69 Å². The molecule has 1 unspecified atom stereocenters. The first kappa shape index (κ1) is 20.3. The van der Waals surface area contributed by atoms with Crippen LogP contribution in [0.1, 0.15) is 34.5 Å². The quantitative estimate of drug-likeness (QED) is 0.652. The number of aromatic nitrogens is 1. The summed E-state index contributed by atoms with van der Waals surface area (Å²) in [6.45, 7) is 3.18. The van der Waals surface area contributed by atoms with Gasteiger partial charge < -0.3 is 11.1 Å². The number of primary amides is 1. The molecule has 1 aliphatic rings. The van der Waals surface area contributed by atoms with Gasteiger partial charge in [-0.15, -0.1) is 0 Å². The van der Waals surface area contributed by atoms with Crippen molar-refractivity contribution in [1.82, 2.24) is 9.88 Å². The van der Waals surface area contributed by atoms with Gasteiger partial charge in [0.05, 0.1) is 22.8 Å². The third-order valence-corrected chi connectivity index (χ3v) is 5.78. The summed E-state index contributed by atoms with van der Waals surface area (Å²) < 4.78 is 0. The second-order valence-corrected chi connectivity index (χ2v) is 8.04. The van der Waals surface area contributed by atoms with Gasteiger partial charge in [-0.3, -0.25) is 19.5 Å². The first-order valence-corrected chi connectivity index (χ1v) is 10.3. The molecular formula is C23H23ClN4O2. The fourth-order valence-corrected chi connectivity index (χ4v) is 4.18. The fraction of sp³-hybridized carbons (Fsp3) is 0.261. The zero-order chi connectivity index (χ0) is 21.3. The normalized spacial score (nSPS) is 16.7. The van der Waals surface area contributed by atoms with Crippen molar-refractivity contribution in [3.63, 3.8) is 0 Å². The molecule has 30 heavy (non-hydrogen) atoms. The topological polar surface area (TPSA) is 88.3 Å². The molecule has 0 radical (unpaired) electrons. The van der Waals surface area contributed by atoms with Crippen molar-refractivity contribution in [3.05, 3.63) is 70.4 Å². The number of rotatable bonds is 5. The maximum absolute atomic E-state index is 13.1. The highest BCUT2D eigenvalue weighted by Crippen LogP contribution is 2.25. The Hall–Kier alpha value is -2.96. The molecule has 2 heterocycles. The number of fused-ring (bicyclic) bond motifs is 1. The van der Waals surface area contributed by atoms with E-state index >= 15 is 0 Å². The minimum absolute atomic E-state index is 0.234. The van der Waals surface area contributed by atoms with Gasteiger partial charge in [-0.05, 0) is 62.2 Å². The number of aryl methyl sites for hydroxylation is 1. The molecule has 1 atom stereocenters. The highest BCUT2D eigenvalue weighted by Gasteiger charge is 2.29. The van der Waals surface area contributed by atoms with Crippen LogP contribution < -0.4 is 11.1 Å². The lowest BCUT2D eigenvalue weighted by atomic mass is 10.1. The first-order valence-electron chi connectivity index (χ1n) is 9.92. The predicted molar refractivity (Wildman–Crippen MR) is 119 cm³/mol. The molecule has 4 rings (SSSR count). The van der Waals surface area contributed by atoms with Crippen molar-refractivity contribution in [2.45, 2.75) is 32.4 Å². The molecule has 3 N–H and O–H groups in total. The van der Waals surface area contributed by atoms with Gasteiger partial charge in [0.2, 0.25) is 5.91 Å². The molecule has 0 aliphatic carbocycles. The number of hydrogen-bond acceptors (Lipinski definition) is 4. The zero-order valence-electron chi connectivity index (χ0n) is 16.7. The van der Waals surface area contributed by atoms with Crippen LogP contribution in [0.3, 0.4) is 0 Å². The minimum atomic E-state index is -0.300. The number of pyridine rings is 1. The van der Waals surface area contributed by atoms with Gasteiger partial charge in [0, 0.05) is 22.6 Å². The molecule has 3 aromatic rings. The number of benzene rings is 2. The monoisotopic (exact) mass is 422 g/mol. The van der Waals surface area contributed by atoms with E-state index in [0.717, 1.165) is 35.9 Å². The van der Waals surface area contributed by atoms with E-state index in [1.54, 1.807) is 12.1 Å². The van der Waals surface area contributed by atoms with E-state index in [9.17, 15) is 9.59 Å². The largest absolute Gasteiger partial charge is 0.368 e. The molecule has 2 aromatic carbocycles. The second kappa shape index (κ2) is 8.42. The Balaban J connectivity index is 1.59. The predicted octanol–water partition coefficient (Wildman–Crippen LogP) is 3.90. The van der Waals surface area contributed by atoms with Crippen molar-refractivity contribution >= 4 is 40.0 Å². The number of halogens is 1. The lowest BCUT2D eigenvalue weighted by molar-refractivity contribution is -0.122. The zero-order valence-corrected chi connectivity index (χ0v) is 17.4. The lowest BCUT2D eigenvalue weighted by Crippen LogP contribution is -2.39. The number of para-hydroxylation sites is 1. The van der Waals surface area contributed by atoms with E-state index < -0.39 is 0 Å². The standard InChI is InChI=1S/C23H23ClN4O2/c1-14-18(12-16-11-17(24)8-9-20(16)26-14)23(30)27-19-6-3-2-5-15(19)13-28-10-4-7-21(28)22(25)29/h2-3,5-6,8-9,11-12,21H,4,7,10,13H2,1H3,(H2,25,29)(H,27,30). The smallest absolute Gasteiger partial charge is 0.257 e. The summed E-state index contributed by atoms with van der Waals surface area (Å²) in [5.74, 6) is -0.535. The summed E-state index contributed by atoms with van der Waals surface area (Å²) in [6, 6.07) is 14.6. The fourth-order valence-electron chi connectivity index (χ4n) is 4.00. The van der Waals surface area contributed by atoms with Gasteiger partial charge in [-0.1, -0.05) is 29.8 Å². The highest BCUT2D eigenvalue weighted by molar-refractivity contribution is 6.31. The van der Waals surface area contributed by atoms with Gasteiger partial charge in [0.25, 0.3) is 5.91 Å². The van der Waals surface area contributed by atoms with Crippen LogP contribution in [0.5, 0.6) is 0 Å². The van der Waals surface area contributed by atoms with E-state index in [1.807, 2.05) is 43.3 Å². The summed E-state index contributed by atoms with van der Waals surface area (Å²) >= 11 is 6.09. The molecule has 1 aromatic heterocycles. The number of nitrogens with two attached hydrogens (primary N) is 1. The van der Waals surface area contributed by atoms with Gasteiger partial charge in [0.15, 0.2) is 0 Å². The Labute approximate surface area is 180 Å². The van der Waals surface area contributed by atoms with Crippen molar-refractivity contribution in [1.29, 1.82) is 0 Å². The van der Waals surface area contributed by atoms with Crippen LogP contribution >= 0.6 is 11.6 Å². The molecular weight excluding hydrogens is 400 g/mol. The van der Waals surface area contributed by atoms with Crippen LogP contribution in [0, 0.1) is 6.92 Å². The third-order valence-electron chi connectivity index (χ3n) is 5.54. The number of amides is 2. The van der Waals surface area contributed by atoms with Gasteiger partial charge in [0.1, 0.15) is 0 Å². The van der Waals surface area contributed by atoms with Gasteiger partial charge >= 0.3 is 0 Å². The molecule has 7 heteroatoms. The van der Waals surface area contributed by atoms with Crippen LogP contribution in [0.25, 0.3) is 10.9 Å². The van der Waals surface area contributed by atoms with Crippen LogP contribution in [-0.4, -0.2) is 34.3 Å². The first-order chi connectivity index (χ1) is 14.4. The summed E-state index contributed by atoms with van der Waals surface area (Å²) in [5, 5.41) is 4.42. The second-order valence-electron chi connectivity index (χ2n) is 7.60. The number of anilines is 1. The minimum Gasteiger partial charge on any atom is -0.368 e. The Morgan fingerprint density at radius 3 is 2.83 bits per heavy atom. The molecule has 2 amide bonds. The van der Waals surface area contributed by atoms with Crippen LogP contribution in [0.15, 0.2) is 48.5 Å².